The third-order valence-electron chi connectivity index (χ3n) is 3.35. The zero-order valence-corrected chi connectivity index (χ0v) is 10.3. The molecule has 0 amide bonds. The number of hydrogen-bond acceptors (Lipinski definition) is 5. The van der Waals surface area contributed by atoms with Gasteiger partial charge in [-0.05, 0) is 19.3 Å². The molecule has 1 saturated heterocycles. The predicted octanol–water partition coefficient (Wildman–Crippen LogP) is 0.484. The second kappa shape index (κ2) is 4.98. The summed E-state index contributed by atoms with van der Waals surface area (Å²) >= 11 is 0. The first-order chi connectivity index (χ1) is 8.11. The number of piperidine rings is 1. The van der Waals surface area contributed by atoms with Crippen molar-refractivity contribution in [3.8, 4) is 0 Å². The van der Waals surface area contributed by atoms with Crippen LogP contribution in [0.25, 0.3) is 0 Å². The van der Waals surface area contributed by atoms with Gasteiger partial charge in [-0.15, -0.1) is 0 Å². The third kappa shape index (κ3) is 2.56. The van der Waals surface area contributed by atoms with Crippen LogP contribution in [0.15, 0.2) is 6.20 Å². The van der Waals surface area contributed by atoms with E-state index in [1.54, 1.807) is 6.20 Å². The maximum Gasteiger partial charge on any atom is 0.137 e. The van der Waals surface area contributed by atoms with Gasteiger partial charge in [0.2, 0.25) is 0 Å². The maximum absolute atomic E-state index is 9.89. The van der Waals surface area contributed by atoms with E-state index >= 15 is 0 Å². The van der Waals surface area contributed by atoms with Gasteiger partial charge in [-0.25, -0.2) is 9.97 Å². The van der Waals surface area contributed by atoms with Crippen LogP contribution in [0.4, 0.5) is 5.82 Å². The molecule has 2 heterocycles. The molecule has 0 bridgehead atoms. The van der Waals surface area contributed by atoms with Crippen molar-refractivity contribution in [3.63, 3.8) is 0 Å². The minimum Gasteiger partial charge on any atom is -0.391 e. The van der Waals surface area contributed by atoms with Crippen molar-refractivity contribution in [2.75, 3.05) is 18.0 Å². The maximum atomic E-state index is 9.89. The minimum absolute atomic E-state index is 0.0717. The second-order valence-corrected chi connectivity index (χ2v) is 4.70. The van der Waals surface area contributed by atoms with Gasteiger partial charge < -0.3 is 15.1 Å². The number of aryl methyl sites for hydroxylation is 1. The summed E-state index contributed by atoms with van der Waals surface area (Å²) < 4.78 is 0. The van der Waals surface area contributed by atoms with E-state index in [1.165, 1.54) is 0 Å². The first kappa shape index (κ1) is 12.3. The largest absolute Gasteiger partial charge is 0.391 e. The highest BCUT2D eigenvalue weighted by molar-refractivity contribution is 5.46. The van der Waals surface area contributed by atoms with Gasteiger partial charge in [0.05, 0.1) is 12.7 Å². The molecule has 1 aliphatic rings. The van der Waals surface area contributed by atoms with Crippen molar-refractivity contribution in [2.45, 2.75) is 33.0 Å². The highest BCUT2D eigenvalue weighted by Gasteiger charge is 2.26. The Labute approximate surface area is 101 Å². The number of hydrogen-bond donors (Lipinski definition) is 2. The van der Waals surface area contributed by atoms with Crippen molar-refractivity contribution in [1.29, 1.82) is 0 Å². The van der Waals surface area contributed by atoms with Crippen molar-refractivity contribution < 1.29 is 10.2 Å². The van der Waals surface area contributed by atoms with Crippen LogP contribution in [0, 0.1) is 12.8 Å². The molecule has 2 atom stereocenters. The first-order valence-corrected chi connectivity index (χ1v) is 5.98. The molecule has 94 valence electrons. The lowest BCUT2D eigenvalue weighted by atomic mass is 9.96. The van der Waals surface area contributed by atoms with Crippen molar-refractivity contribution in [2.24, 2.45) is 5.92 Å². The summed E-state index contributed by atoms with van der Waals surface area (Å²) in [5.41, 5.74) is 0.720. The van der Waals surface area contributed by atoms with Crippen LogP contribution in [-0.4, -0.2) is 39.4 Å². The van der Waals surface area contributed by atoms with Crippen LogP contribution in [0.5, 0.6) is 0 Å². The number of nitrogens with zero attached hydrogens (tertiary/aromatic N) is 3. The summed E-state index contributed by atoms with van der Waals surface area (Å²) in [7, 11) is 0. The lowest BCUT2D eigenvalue weighted by Crippen LogP contribution is -2.43. The fourth-order valence-electron chi connectivity index (χ4n) is 2.11. The summed E-state index contributed by atoms with van der Waals surface area (Å²) in [4.78, 5) is 10.5. The van der Waals surface area contributed by atoms with Crippen LogP contribution >= 0.6 is 0 Å². The molecule has 17 heavy (non-hydrogen) atoms. The molecule has 0 saturated carbocycles. The van der Waals surface area contributed by atoms with Crippen molar-refractivity contribution in [3.05, 3.63) is 17.6 Å². The van der Waals surface area contributed by atoms with Gasteiger partial charge in [-0.1, -0.05) is 6.92 Å². The van der Waals surface area contributed by atoms with Gasteiger partial charge in [0.1, 0.15) is 11.6 Å². The molecule has 1 aromatic rings. The van der Waals surface area contributed by atoms with Crippen LogP contribution < -0.4 is 4.90 Å². The quantitative estimate of drug-likeness (QED) is 0.783. The number of aliphatic hydroxyl groups is 2. The first-order valence-electron chi connectivity index (χ1n) is 5.98. The Balaban J connectivity index is 2.24. The van der Waals surface area contributed by atoms with Gasteiger partial charge in [0, 0.05) is 24.8 Å². The van der Waals surface area contributed by atoms with Crippen molar-refractivity contribution >= 4 is 5.82 Å². The molecule has 1 fully saturated rings. The van der Waals surface area contributed by atoms with Gasteiger partial charge in [-0.3, -0.25) is 0 Å². The summed E-state index contributed by atoms with van der Waals surface area (Å²) in [5.74, 6) is 1.77. The summed E-state index contributed by atoms with van der Waals surface area (Å²) in [6, 6.07) is 0. The monoisotopic (exact) mass is 237 g/mol. The zero-order valence-electron chi connectivity index (χ0n) is 10.3. The molecule has 5 nitrogen and oxygen atoms in total. The topological polar surface area (TPSA) is 69.5 Å². The average molecular weight is 237 g/mol. The van der Waals surface area contributed by atoms with Gasteiger partial charge in [0.25, 0.3) is 0 Å². The number of aromatic nitrogens is 2. The Bertz CT molecular complexity index is 397. The van der Waals surface area contributed by atoms with Crippen LogP contribution in [-0.2, 0) is 6.61 Å². The molecule has 2 unspecified atom stereocenters. The number of anilines is 1. The highest BCUT2D eigenvalue weighted by atomic mass is 16.3. The van der Waals surface area contributed by atoms with E-state index in [9.17, 15) is 10.2 Å². The summed E-state index contributed by atoms with van der Waals surface area (Å²) in [6.45, 7) is 5.25. The zero-order chi connectivity index (χ0) is 12.4. The number of aliphatic hydroxyl groups excluding tert-OH is 2. The number of rotatable bonds is 2. The van der Waals surface area contributed by atoms with Gasteiger partial charge in [0.15, 0.2) is 0 Å². The molecular weight excluding hydrogens is 218 g/mol. The van der Waals surface area contributed by atoms with E-state index in [0.717, 1.165) is 24.3 Å². The number of β-amino-alcohol motifs (C(OH)–C–C–N with tert-alkyl or cyclic N) is 1. The smallest absolute Gasteiger partial charge is 0.137 e. The van der Waals surface area contributed by atoms with E-state index in [-0.39, 0.29) is 12.7 Å². The molecule has 2 rings (SSSR count). The Morgan fingerprint density at radius 2 is 2.29 bits per heavy atom. The van der Waals surface area contributed by atoms with Crippen molar-refractivity contribution in [1.82, 2.24) is 9.97 Å². The summed E-state index contributed by atoms with van der Waals surface area (Å²) in [5, 5.41) is 19.2. The Kier molecular flexibility index (Phi) is 3.59. The average Bonchev–Trinajstić information content (AvgIpc) is 2.32. The van der Waals surface area contributed by atoms with Crippen LogP contribution in [0.2, 0.25) is 0 Å². The normalized spacial score (nSPS) is 25.1. The van der Waals surface area contributed by atoms with Gasteiger partial charge in [-0.2, -0.15) is 0 Å². The van der Waals surface area contributed by atoms with E-state index in [0.29, 0.717) is 18.3 Å². The minimum atomic E-state index is -0.328. The lowest BCUT2D eigenvalue weighted by Gasteiger charge is -2.35. The Morgan fingerprint density at radius 3 is 2.94 bits per heavy atom. The van der Waals surface area contributed by atoms with E-state index < -0.39 is 0 Å². The van der Waals surface area contributed by atoms with Gasteiger partial charge >= 0.3 is 0 Å². The van der Waals surface area contributed by atoms with E-state index in [4.69, 9.17) is 0 Å². The molecule has 1 aliphatic heterocycles. The Hall–Kier alpha value is -1.20. The molecular formula is C12H19N3O2. The van der Waals surface area contributed by atoms with Crippen LogP contribution in [0.1, 0.15) is 24.7 Å². The SMILES string of the molecule is Cc1ncc(CO)c(N2CCC(C)C(O)C2)n1. The lowest BCUT2D eigenvalue weighted by molar-refractivity contribution is 0.102. The molecule has 0 aliphatic carbocycles. The standard InChI is InChI=1S/C12H19N3O2/c1-8-3-4-15(6-11(8)17)12-10(7-16)5-13-9(2)14-12/h5,8,11,16-17H,3-4,6-7H2,1-2H3. The predicted molar refractivity (Wildman–Crippen MR) is 64.7 cm³/mol. The van der Waals surface area contributed by atoms with Crippen LogP contribution in [0.3, 0.4) is 0 Å². The molecule has 2 N–H and O–H groups in total. The molecule has 0 radical (unpaired) electrons. The fourth-order valence-corrected chi connectivity index (χ4v) is 2.11. The Morgan fingerprint density at radius 1 is 1.53 bits per heavy atom. The molecule has 0 aromatic carbocycles. The highest BCUT2D eigenvalue weighted by Crippen LogP contribution is 2.24. The fraction of sp³-hybridized carbons (Fsp3) is 0.667. The molecule has 1 aromatic heterocycles. The molecule has 5 heteroatoms. The summed E-state index contributed by atoms with van der Waals surface area (Å²) in [6.07, 6.45) is 2.27. The second-order valence-electron chi connectivity index (χ2n) is 4.70. The van der Waals surface area contributed by atoms with E-state index in [2.05, 4.69) is 16.9 Å². The third-order valence-corrected chi connectivity index (χ3v) is 3.35. The molecule has 0 spiro atoms. The van der Waals surface area contributed by atoms with E-state index in [1.807, 2.05) is 11.8 Å².